The number of ketones is 1. The molecule has 10 rings (SSSR count). The van der Waals surface area contributed by atoms with Crippen molar-refractivity contribution in [2.75, 3.05) is 27.8 Å². The lowest BCUT2D eigenvalue weighted by Gasteiger charge is -2.54. The number of hydrogen-bond donors (Lipinski definition) is 1. The summed E-state index contributed by atoms with van der Waals surface area (Å²) in [6.07, 6.45) is 9.39. The molecule has 7 nitrogen and oxygen atoms in total. The number of benzene rings is 2. The number of carbonyl (C=O) groups is 1. The van der Waals surface area contributed by atoms with Crippen molar-refractivity contribution >= 4 is 27.6 Å². The molecule has 1 aliphatic carbocycles. The van der Waals surface area contributed by atoms with Crippen molar-refractivity contribution in [3.05, 3.63) is 87.5 Å². The number of fused-ring (bicyclic) bond motifs is 16. The van der Waals surface area contributed by atoms with Crippen LogP contribution in [0, 0.1) is 23.7 Å². The van der Waals surface area contributed by atoms with E-state index in [0.29, 0.717) is 42.5 Å². The number of aromatic nitrogens is 2. The maximum absolute atomic E-state index is 12.7. The highest BCUT2D eigenvalue weighted by atomic mass is 16.5. The van der Waals surface area contributed by atoms with Gasteiger partial charge in [-0.3, -0.25) is 14.6 Å². The summed E-state index contributed by atoms with van der Waals surface area (Å²) in [6, 6.07) is 15.1. The Hall–Kier alpha value is -3.81. The molecule has 4 aromatic rings. The van der Waals surface area contributed by atoms with E-state index in [1.165, 1.54) is 57.2 Å². The van der Waals surface area contributed by atoms with Gasteiger partial charge in [-0.25, -0.2) is 0 Å². The van der Waals surface area contributed by atoms with E-state index in [4.69, 9.17) is 9.47 Å². The third kappa shape index (κ3) is 4.14. The van der Waals surface area contributed by atoms with Gasteiger partial charge in [-0.1, -0.05) is 29.3 Å². The molecule has 7 heteroatoms. The van der Waals surface area contributed by atoms with Crippen LogP contribution >= 0.6 is 0 Å². The second kappa shape index (κ2) is 11.1. The first-order valence-corrected chi connectivity index (χ1v) is 19.0. The minimum absolute atomic E-state index is 0.153. The van der Waals surface area contributed by atoms with Crippen LogP contribution in [0.4, 0.5) is 0 Å². The summed E-state index contributed by atoms with van der Waals surface area (Å²) in [5.41, 5.74) is 14.0. The molecule has 6 aliphatic rings. The van der Waals surface area contributed by atoms with E-state index in [1.807, 2.05) is 7.11 Å². The fourth-order valence-corrected chi connectivity index (χ4v) is 12.2. The first kappa shape index (κ1) is 31.0. The molecule has 2 aromatic carbocycles. The number of aryl methyl sites for hydroxylation is 1. The van der Waals surface area contributed by atoms with Crippen molar-refractivity contribution in [3.63, 3.8) is 0 Å². The number of aromatic amines is 1. The van der Waals surface area contributed by atoms with Gasteiger partial charge < -0.3 is 19.0 Å². The number of nitrogens with one attached hydrogen (secondary N) is 1. The molecular formula is C43H50N4O3. The molecule has 0 spiro atoms. The van der Waals surface area contributed by atoms with E-state index in [0.717, 1.165) is 43.4 Å². The minimum atomic E-state index is 0.153. The third-order valence-corrected chi connectivity index (χ3v) is 14.6. The van der Waals surface area contributed by atoms with Crippen molar-refractivity contribution in [2.45, 2.75) is 83.0 Å². The molecule has 0 unspecified atom stereocenters. The molecule has 50 heavy (non-hydrogen) atoms. The van der Waals surface area contributed by atoms with E-state index in [1.54, 1.807) is 29.9 Å². The van der Waals surface area contributed by atoms with Gasteiger partial charge in [-0.2, -0.15) is 0 Å². The number of H-pyrrole nitrogens is 1. The summed E-state index contributed by atoms with van der Waals surface area (Å²) in [5.74, 6) is 2.96. The fraction of sp³-hybridized carbons (Fsp3) is 0.512. The van der Waals surface area contributed by atoms with Gasteiger partial charge in [-0.15, -0.1) is 0 Å². The highest BCUT2D eigenvalue weighted by molar-refractivity contribution is 5.94. The maximum Gasteiger partial charge on any atom is 0.159 e. The van der Waals surface area contributed by atoms with E-state index in [9.17, 15) is 4.79 Å². The van der Waals surface area contributed by atoms with E-state index < -0.39 is 0 Å². The SMILES string of the molecule is COc1ccc2c3c(n(C)c2c1CC1=C(C)CC[C@@H]2[C@H]1C[C@H]1c4[nH]c5ccccc5c4C[C@@H]2N1C)[C@@H]1C[C@H]2C(C(C)=O)=COC[C@H]2[C@H](C3)N1C. The zero-order valence-electron chi connectivity index (χ0n) is 30.4. The second-order valence-electron chi connectivity index (χ2n) is 16.5. The van der Waals surface area contributed by atoms with E-state index in [2.05, 4.69) is 83.8 Å². The molecule has 5 aliphatic heterocycles. The van der Waals surface area contributed by atoms with Crippen LogP contribution in [0.3, 0.4) is 0 Å². The average molecular weight is 671 g/mol. The smallest absolute Gasteiger partial charge is 0.159 e. The van der Waals surface area contributed by atoms with Crippen LogP contribution < -0.4 is 4.74 Å². The predicted molar refractivity (Wildman–Crippen MR) is 197 cm³/mol. The number of nitrogens with zero attached hydrogens (tertiary/aromatic N) is 3. The van der Waals surface area contributed by atoms with Gasteiger partial charge in [0.05, 0.1) is 37.6 Å². The lowest BCUT2D eigenvalue weighted by atomic mass is 9.62. The summed E-state index contributed by atoms with van der Waals surface area (Å²) in [7, 11) is 8.81. The highest BCUT2D eigenvalue weighted by Crippen LogP contribution is 2.55. The summed E-state index contributed by atoms with van der Waals surface area (Å²) >= 11 is 0. The summed E-state index contributed by atoms with van der Waals surface area (Å²) in [6.45, 7) is 4.81. The average Bonchev–Trinajstić information content (AvgIpc) is 3.61. The van der Waals surface area contributed by atoms with Crippen molar-refractivity contribution in [2.24, 2.45) is 30.7 Å². The number of ether oxygens (including phenoxy) is 2. The quantitative estimate of drug-likeness (QED) is 0.227. The number of carbonyl (C=O) groups excluding carboxylic acids is 1. The van der Waals surface area contributed by atoms with Crippen LogP contribution in [-0.2, 0) is 35.8 Å². The van der Waals surface area contributed by atoms with Crippen molar-refractivity contribution in [3.8, 4) is 5.75 Å². The van der Waals surface area contributed by atoms with Crippen LogP contribution in [-0.4, -0.2) is 65.0 Å². The monoisotopic (exact) mass is 670 g/mol. The fourth-order valence-electron chi connectivity index (χ4n) is 12.2. The molecule has 260 valence electrons. The summed E-state index contributed by atoms with van der Waals surface area (Å²) in [4.78, 5) is 21.9. The normalized spacial score (nSPS) is 31.8. The molecule has 4 bridgehead atoms. The number of rotatable bonds is 4. The highest BCUT2D eigenvalue weighted by Gasteiger charge is 2.51. The lowest BCUT2D eigenvalue weighted by Crippen LogP contribution is -2.55. The Balaban J connectivity index is 1.06. The van der Waals surface area contributed by atoms with Gasteiger partial charge in [0, 0.05) is 63.9 Å². The van der Waals surface area contributed by atoms with Crippen molar-refractivity contribution < 1.29 is 14.3 Å². The number of piperidine rings is 2. The Morgan fingerprint density at radius 1 is 0.940 bits per heavy atom. The maximum atomic E-state index is 12.7. The molecule has 0 radical (unpaired) electrons. The molecule has 0 amide bonds. The van der Waals surface area contributed by atoms with Gasteiger partial charge in [0.25, 0.3) is 0 Å². The van der Waals surface area contributed by atoms with Gasteiger partial charge in [-0.05, 0) is 120 Å². The molecule has 2 aromatic heterocycles. The van der Waals surface area contributed by atoms with Crippen molar-refractivity contribution in [1.29, 1.82) is 0 Å². The van der Waals surface area contributed by atoms with Crippen LogP contribution in [0.5, 0.6) is 5.75 Å². The van der Waals surface area contributed by atoms with Gasteiger partial charge in [0.1, 0.15) is 5.75 Å². The summed E-state index contributed by atoms with van der Waals surface area (Å²) in [5, 5.41) is 2.80. The minimum Gasteiger partial charge on any atom is -0.500 e. The second-order valence-corrected chi connectivity index (χ2v) is 16.5. The van der Waals surface area contributed by atoms with Gasteiger partial charge in [0.15, 0.2) is 5.78 Å². The van der Waals surface area contributed by atoms with Gasteiger partial charge in [0.2, 0.25) is 0 Å². The molecule has 1 N–H and O–H groups in total. The van der Waals surface area contributed by atoms with Crippen LogP contribution in [0.2, 0.25) is 0 Å². The van der Waals surface area contributed by atoms with Gasteiger partial charge >= 0.3 is 0 Å². The molecule has 2 fully saturated rings. The van der Waals surface area contributed by atoms with E-state index in [-0.39, 0.29) is 17.7 Å². The Bertz CT molecular complexity index is 2150. The largest absolute Gasteiger partial charge is 0.500 e. The number of para-hydroxylation sites is 1. The number of hydrogen-bond acceptors (Lipinski definition) is 5. The number of likely N-dealkylation sites (N-methyl/N-ethyl adjacent to an activating group) is 2. The van der Waals surface area contributed by atoms with Crippen LogP contribution in [0.25, 0.3) is 21.8 Å². The zero-order valence-corrected chi connectivity index (χ0v) is 30.4. The number of allylic oxidation sites excluding steroid dienone is 3. The summed E-state index contributed by atoms with van der Waals surface area (Å²) < 4.78 is 14.7. The third-order valence-electron chi connectivity index (χ3n) is 14.6. The Morgan fingerprint density at radius 2 is 1.70 bits per heavy atom. The lowest BCUT2D eigenvalue weighted by molar-refractivity contribution is -0.116. The van der Waals surface area contributed by atoms with E-state index >= 15 is 0 Å². The number of Topliss-reactive ketones (excluding diaryl/α,β-unsaturated/α-hetero) is 1. The molecule has 0 saturated carbocycles. The Kier molecular flexibility index (Phi) is 6.87. The molecular weight excluding hydrogens is 620 g/mol. The molecule has 7 heterocycles. The standard InChI is InChI=1S/C43H50N4O3/c1-22-11-12-25-28(16-38-41-30(18-36(25)45(38)3)24-9-7-8-10-35(24)44-41)27(22)15-32-40(49-6)14-13-26-31-19-37-34-21-50-20-33(23(2)48)29(34)17-39(46(37)4)43(31)47(5)42(26)32/h7-10,13-14,20,25,28-29,34,36-39,44H,11-12,15-19,21H2,1-6H3/t25-,28-,29+,34-,36+,37+,38+,39+/m1/s1. The Morgan fingerprint density at radius 3 is 2.52 bits per heavy atom. The predicted octanol–water partition coefficient (Wildman–Crippen LogP) is 7.59. The van der Waals surface area contributed by atoms with Crippen LogP contribution in [0.1, 0.15) is 79.7 Å². The first-order chi connectivity index (χ1) is 24.2. The topological polar surface area (TPSA) is 62.7 Å². The molecule has 8 atom stereocenters. The number of methoxy groups -OCH3 is 1. The van der Waals surface area contributed by atoms with Crippen LogP contribution in [0.15, 0.2) is 59.4 Å². The zero-order chi connectivity index (χ0) is 34.2. The Labute approximate surface area is 295 Å². The first-order valence-electron chi connectivity index (χ1n) is 19.0. The molecule has 2 saturated heterocycles. The van der Waals surface area contributed by atoms with Crippen molar-refractivity contribution in [1.82, 2.24) is 19.4 Å².